The normalized spacial score (nSPS) is 14.6. The van der Waals surface area contributed by atoms with Gasteiger partial charge in [0.05, 0.1) is 17.6 Å². The minimum absolute atomic E-state index is 0.455. The van der Waals surface area contributed by atoms with Crippen LogP contribution in [0.2, 0.25) is 0 Å². The molecular formula is C21H27N3O. The zero-order valence-corrected chi connectivity index (χ0v) is 14.7. The van der Waals surface area contributed by atoms with Crippen LogP contribution in [-0.2, 0) is 6.54 Å². The summed E-state index contributed by atoms with van der Waals surface area (Å²) in [4.78, 5) is 4.21. The van der Waals surface area contributed by atoms with Gasteiger partial charge in [-0.2, -0.15) is 0 Å². The fourth-order valence-corrected chi connectivity index (χ4v) is 3.28. The Kier molecular flexibility index (Phi) is 6.07. The summed E-state index contributed by atoms with van der Waals surface area (Å²) in [6.45, 7) is 5.68. The van der Waals surface area contributed by atoms with Gasteiger partial charge in [-0.1, -0.05) is 44.4 Å². The van der Waals surface area contributed by atoms with Gasteiger partial charge in [-0.05, 0) is 48.7 Å². The van der Waals surface area contributed by atoms with E-state index in [1.807, 2.05) is 18.2 Å². The standard InChI is InChI=1S/C21H27N3O/c1-16(22)21-11-10-20(15-24-21)25-19-8-6-18(7-9-19)14-23-13-12-17-4-2-3-5-17/h6-11,15,17,23H,1-5,12-14,22H2. The number of ether oxygens (including phenoxy) is 1. The van der Waals surface area contributed by atoms with Crippen LogP contribution in [-0.4, -0.2) is 11.5 Å². The molecule has 132 valence electrons. The molecule has 3 rings (SSSR count). The Morgan fingerprint density at radius 2 is 1.84 bits per heavy atom. The summed E-state index contributed by atoms with van der Waals surface area (Å²) in [6, 6.07) is 11.8. The van der Waals surface area contributed by atoms with Crippen LogP contribution in [0.3, 0.4) is 0 Å². The summed E-state index contributed by atoms with van der Waals surface area (Å²) in [7, 11) is 0. The molecule has 1 aliphatic rings. The third kappa shape index (κ3) is 5.33. The van der Waals surface area contributed by atoms with E-state index in [0.717, 1.165) is 24.8 Å². The zero-order valence-electron chi connectivity index (χ0n) is 14.7. The Balaban J connectivity index is 1.44. The maximum Gasteiger partial charge on any atom is 0.145 e. The molecule has 3 N–H and O–H groups in total. The van der Waals surface area contributed by atoms with Gasteiger partial charge in [-0.3, -0.25) is 4.98 Å². The zero-order chi connectivity index (χ0) is 17.5. The lowest BCUT2D eigenvalue weighted by Gasteiger charge is -2.10. The number of aromatic nitrogens is 1. The van der Waals surface area contributed by atoms with E-state index in [4.69, 9.17) is 10.5 Å². The summed E-state index contributed by atoms with van der Waals surface area (Å²) >= 11 is 0. The first kappa shape index (κ1) is 17.5. The number of hydrogen-bond acceptors (Lipinski definition) is 4. The van der Waals surface area contributed by atoms with Crippen LogP contribution in [0.5, 0.6) is 11.5 Å². The second-order valence-electron chi connectivity index (χ2n) is 6.77. The van der Waals surface area contributed by atoms with Crippen molar-refractivity contribution in [3.63, 3.8) is 0 Å². The molecule has 1 heterocycles. The summed E-state index contributed by atoms with van der Waals surface area (Å²) < 4.78 is 5.81. The van der Waals surface area contributed by atoms with Gasteiger partial charge in [0, 0.05) is 6.54 Å². The quantitative estimate of drug-likeness (QED) is 0.698. The van der Waals surface area contributed by atoms with Crippen LogP contribution in [0.15, 0.2) is 49.2 Å². The molecule has 0 amide bonds. The Labute approximate surface area is 150 Å². The first-order valence-corrected chi connectivity index (χ1v) is 9.09. The van der Waals surface area contributed by atoms with E-state index in [0.29, 0.717) is 17.1 Å². The molecule has 1 aliphatic carbocycles. The Bertz CT molecular complexity index is 673. The van der Waals surface area contributed by atoms with E-state index in [2.05, 4.69) is 29.0 Å². The number of benzene rings is 1. The fraction of sp³-hybridized carbons (Fsp3) is 0.381. The molecule has 2 aromatic rings. The van der Waals surface area contributed by atoms with Crippen molar-refractivity contribution in [1.82, 2.24) is 10.3 Å². The molecule has 1 aromatic heterocycles. The number of rotatable bonds is 8. The molecule has 1 saturated carbocycles. The third-order valence-electron chi connectivity index (χ3n) is 4.76. The van der Waals surface area contributed by atoms with E-state index >= 15 is 0 Å². The number of pyridine rings is 1. The van der Waals surface area contributed by atoms with E-state index in [-0.39, 0.29) is 0 Å². The van der Waals surface area contributed by atoms with Gasteiger partial charge in [0.15, 0.2) is 0 Å². The van der Waals surface area contributed by atoms with Crippen LogP contribution in [0, 0.1) is 5.92 Å². The van der Waals surface area contributed by atoms with Crippen molar-refractivity contribution >= 4 is 5.70 Å². The monoisotopic (exact) mass is 337 g/mol. The molecule has 4 heteroatoms. The predicted molar refractivity (Wildman–Crippen MR) is 102 cm³/mol. The van der Waals surface area contributed by atoms with Gasteiger partial charge < -0.3 is 15.8 Å². The molecule has 1 aromatic carbocycles. The molecule has 25 heavy (non-hydrogen) atoms. The molecule has 0 aliphatic heterocycles. The average Bonchev–Trinajstić information content (AvgIpc) is 3.14. The van der Waals surface area contributed by atoms with Crippen molar-refractivity contribution in [2.24, 2.45) is 11.7 Å². The largest absolute Gasteiger partial charge is 0.456 e. The minimum atomic E-state index is 0.455. The van der Waals surface area contributed by atoms with Crippen LogP contribution in [0.25, 0.3) is 5.70 Å². The first-order chi connectivity index (χ1) is 12.2. The smallest absolute Gasteiger partial charge is 0.145 e. The number of nitrogens with one attached hydrogen (secondary N) is 1. The maximum absolute atomic E-state index is 5.81. The molecule has 0 atom stereocenters. The lowest BCUT2D eigenvalue weighted by atomic mass is 10.0. The average molecular weight is 337 g/mol. The van der Waals surface area contributed by atoms with Crippen molar-refractivity contribution < 1.29 is 4.74 Å². The van der Waals surface area contributed by atoms with Crippen molar-refractivity contribution in [3.05, 3.63) is 60.4 Å². The van der Waals surface area contributed by atoms with Crippen molar-refractivity contribution in [1.29, 1.82) is 0 Å². The van der Waals surface area contributed by atoms with Gasteiger partial charge in [0.25, 0.3) is 0 Å². The van der Waals surface area contributed by atoms with Crippen LogP contribution >= 0.6 is 0 Å². The molecule has 0 spiro atoms. The summed E-state index contributed by atoms with van der Waals surface area (Å²) in [5, 5.41) is 3.54. The molecule has 0 unspecified atom stereocenters. The van der Waals surface area contributed by atoms with Crippen LogP contribution in [0.1, 0.15) is 43.4 Å². The lowest BCUT2D eigenvalue weighted by Crippen LogP contribution is -2.16. The van der Waals surface area contributed by atoms with E-state index < -0.39 is 0 Å². The second-order valence-corrected chi connectivity index (χ2v) is 6.77. The number of hydrogen-bond donors (Lipinski definition) is 2. The highest BCUT2D eigenvalue weighted by molar-refractivity contribution is 5.56. The van der Waals surface area contributed by atoms with E-state index in [1.54, 1.807) is 12.3 Å². The number of nitrogens with two attached hydrogens (primary N) is 1. The molecular weight excluding hydrogens is 310 g/mol. The summed E-state index contributed by atoms with van der Waals surface area (Å²) in [5.41, 5.74) is 8.01. The summed E-state index contributed by atoms with van der Waals surface area (Å²) in [5.74, 6) is 2.43. The third-order valence-corrected chi connectivity index (χ3v) is 4.76. The van der Waals surface area contributed by atoms with E-state index in [9.17, 15) is 0 Å². The van der Waals surface area contributed by atoms with E-state index in [1.165, 1.54) is 37.7 Å². The van der Waals surface area contributed by atoms with Crippen molar-refractivity contribution in [2.45, 2.75) is 38.6 Å². The Morgan fingerprint density at radius 3 is 2.48 bits per heavy atom. The van der Waals surface area contributed by atoms with Crippen molar-refractivity contribution in [2.75, 3.05) is 6.54 Å². The van der Waals surface area contributed by atoms with Gasteiger partial charge in [0.2, 0.25) is 0 Å². The number of nitrogens with zero attached hydrogens (tertiary/aromatic N) is 1. The molecule has 0 radical (unpaired) electrons. The highest BCUT2D eigenvalue weighted by atomic mass is 16.5. The van der Waals surface area contributed by atoms with Gasteiger partial charge in [0.1, 0.15) is 11.5 Å². The highest BCUT2D eigenvalue weighted by Gasteiger charge is 2.13. The fourth-order valence-electron chi connectivity index (χ4n) is 3.28. The molecule has 4 nitrogen and oxygen atoms in total. The van der Waals surface area contributed by atoms with Crippen molar-refractivity contribution in [3.8, 4) is 11.5 Å². The summed E-state index contributed by atoms with van der Waals surface area (Å²) in [6.07, 6.45) is 8.65. The van der Waals surface area contributed by atoms with Gasteiger partial charge in [-0.15, -0.1) is 0 Å². The molecule has 1 fully saturated rings. The molecule has 0 bridgehead atoms. The highest BCUT2D eigenvalue weighted by Crippen LogP contribution is 2.27. The minimum Gasteiger partial charge on any atom is -0.456 e. The topological polar surface area (TPSA) is 60.2 Å². The molecule has 0 saturated heterocycles. The van der Waals surface area contributed by atoms with Gasteiger partial charge in [-0.25, -0.2) is 0 Å². The first-order valence-electron chi connectivity index (χ1n) is 9.09. The lowest BCUT2D eigenvalue weighted by molar-refractivity contribution is 0.475. The van der Waals surface area contributed by atoms with Gasteiger partial charge >= 0.3 is 0 Å². The Hall–Kier alpha value is -2.33. The van der Waals surface area contributed by atoms with Crippen LogP contribution in [0.4, 0.5) is 0 Å². The Morgan fingerprint density at radius 1 is 1.12 bits per heavy atom. The maximum atomic E-state index is 5.81. The SMILES string of the molecule is C=C(N)c1ccc(Oc2ccc(CNCCC3CCCC3)cc2)cn1. The predicted octanol–water partition coefficient (Wildman–Crippen LogP) is 4.47. The van der Waals surface area contributed by atoms with Crippen LogP contribution < -0.4 is 15.8 Å². The second kappa shape index (κ2) is 8.67.